The van der Waals surface area contributed by atoms with Crippen LogP contribution in [0.1, 0.15) is 11.3 Å². The maximum atomic E-state index is 5.56. The van der Waals surface area contributed by atoms with Crippen molar-refractivity contribution in [3.63, 3.8) is 0 Å². The number of anilines is 1. The fourth-order valence-electron chi connectivity index (χ4n) is 1.90. The topological polar surface area (TPSA) is 70.5 Å². The van der Waals surface area contributed by atoms with Gasteiger partial charge < -0.3 is 19.6 Å². The van der Waals surface area contributed by atoms with E-state index in [0.29, 0.717) is 17.3 Å². The summed E-state index contributed by atoms with van der Waals surface area (Å²) in [4.78, 5) is 4.19. The Kier molecular flexibility index (Phi) is 3.14. The molecule has 1 heterocycles. The second-order valence-electron chi connectivity index (χ2n) is 3.98. The second kappa shape index (κ2) is 4.60. The molecule has 0 saturated heterocycles. The van der Waals surface area contributed by atoms with E-state index in [4.69, 9.17) is 19.6 Å². The molecular formula is C13H16N2O3. The fraction of sp³-hybridized carbons (Fsp3) is 0.308. The van der Waals surface area contributed by atoms with Crippen molar-refractivity contribution in [2.75, 3.05) is 20.0 Å². The molecule has 0 radical (unpaired) electrons. The van der Waals surface area contributed by atoms with Crippen molar-refractivity contribution >= 4 is 6.01 Å². The highest BCUT2D eigenvalue weighted by atomic mass is 16.5. The Morgan fingerprint density at radius 2 is 1.72 bits per heavy atom. The lowest BCUT2D eigenvalue weighted by Crippen LogP contribution is -1.94. The molecule has 2 aromatic rings. The summed E-state index contributed by atoms with van der Waals surface area (Å²) in [7, 11) is 3.21. The van der Waals surface area contributed by atoms with Gasteiger partial charge in [0.2, 0.25) is 0 Å². The number of benzene rings is 1. The van der Waals surface area contributed by atoms with E-state index in [1.807, 2.05) is 26.0 Å². The van der Waals surface area contributed by atoms with Gasteiger partial charge in [-0.15, -0.1) is 0 Å². The van der Waals surface area contributed by atoms with E-state index in [0.717, 1.165) is 16.8 Å². The van der Waals surface area contributed by atoms with Crippen LogP contribution in [0.2, 0.25) is 0 Å². The predicted octanol–water partition coefficient (Wildman–Crippen LogP) is 2.56. The van der Waals surface area contributed by atoms with Crippen molar-refractivity contribution in [2.24, 2.45) is 0 Å². The molecule has 0 bridgehead atoms. The summed E-state index contributed by atoms with van der Waals surface area (Å²) in [6.07, 6.45) is 0. The van der Waals surface area contributed by atoms with Gasteiger partial charge in [0.15, 0.2) is 11.5 Å². The average molecular weight is 248 g/mol. The normalized spacial score (nSPS) is 10.4. The molecule has 0 aliphatic rings. The van der Waals surface area contributed by atoms with Crippen LogP contribution in [0.5, 0.6) is 11.5 Å². The summed E-state index contributed by atoms with van der Waals surface area (Å²) in [5.74, 6) is 2.02. The van der Waals surface area contributed by atoms with Crippen LogP contribution in [0.3, 0.4) is 0 Å². The molecule has 0 aliphatic heterocycles. The zero-order chi connectivity index (χ0) is 13.3. The first-order valence-electron chi connectivity index (χ1n) is 5.52. The first kappa shape index (κ1) is 12.3. The van der Waals surface area contributed by atoms with Crippen molar-refractivity contribution in [3.05, 3.63) is 23.5 Å². The number of hydrogen-bond acceptors (Lipinski definition) is 5. The smallest absolute Gasteiger partial charge is 0.292 e. The summed E-state index contributed by atoms with van der Waals surface area (Å²) in [6.45, 7) is 3.80. The maximum absolute atomic E-state index is 5.56. The van der Waals surface area contributed by atoms with Crippen LogP contribution in [-0.2, 0) is 0 Å². The molecule has 0 amide bonds. The zero-order valence-electron chi connectivity index (χ0n) is 10.9. The molecule has 18 heavy (non-hydrogen) atoms. The number of ether oxygens (including phenoxy) is 2. The summed E-state index contributed by atoms with van der Waals surface area (Å²) in [5, 5.41) is 0. The Hall–Kier alpha value is -2.17. The SMILES string of the molecule is COc1cc(C)c(-c2nc(N)oc2C)cc1OC. The van der Waals surface area contributed by atoms with E-state index in [9.17, 15) is 0 Å². The summed E-state index contributed by atoms with van der Waals surface area (Å²) >= 11 is 0. The van der Waals surface area contributed by atoms with Gasteiger partial charge in [-0.25, -0.2) is 0 Å². The van der Waals surface area contributed by atoms with E-state index < -0.39 is 0 Å². The minimum absolute atomic E-state index is 0.164. The van der Waals surface area contributed by atoms with Gasteiger partial charge in [-0.3, -0.25) is 0 Å². The second-order valence-corrected chi connectivity index (χ2v) is 3.98. The fourth-order valence-corrected chi connectivity index (χ4v) is 1.90. The number of nitrogens with two attached hydrogens (primary N) is 1. The Bertz CT molecular complexity index is 576. The van der Waals surface area contributed by atoms with Crippen molar-refractivity contribution in [2.45, 2.75) is 13.8 Å². The molecule has 1 aromatic carbocycles. The lowest BCUT2D eigenvalue weighted by Gasteiger charge is -2.11. The predicted molar refractivity (Wildman–Crippen MR) is 68.9 cm³/mol. The number of hydrogen-bond donors (Lipinski definition) is 1. The van der Waals surface area contributed by atoms with Gasteiger partial charge in [-0.05, 0) is 31.5 Å². The van der Waals surface area contributed by atoms with Crippen LogP contribution in [0.15, 0.2) is 16.5 Å². The number of aromatic nitrogens is 1. The third-order valence-corrected chi connectivity index (χ3v) is 2.80. The van der Waals surface area contributed by atoms with Gasteiger partial charge in [-0.2, -0.15) is 4.98 Å². The number of methoxy groups -OCH3 is 2. The van der Waals surface area contributed by atoms with Gasteiger partial charge in [0.25, 0.3) is 6.01 Å². The molecule has 0 atom stereocenters. The first-order chi connectivity index (χ1) is 8.56. The molecule has 2 rings (SSSR count). The van der Waals surface area contributed by atoms with E-state index >= 15 is 0 Å². The Morgan fingerprint density at radius 1 is 1.11 bits per heavy atom. The van der Waals surface area contributed by atoms with Crippen LogP contribution in [0.4, 0.5) is 6.01 Å². The zero-order valence-corrected chi connectivity index (χ0v) is 10.9. The van der Waals surface area contributed by atoms with Crippen LogP contribution in [-0.4, -0.2) is 19.2 Å². The van der Waals surface area contributed by atoms with Crippen LogP contribution in [0, 0.1) is 13.8 Å². The summed E-state index contributed by atoms with van der Waals surface area (Å²) in [5.41, 5.74) is 8.23. The molecule has 5 nitrogen and oxygen atoms in total. The van der Waals surface area contributed by atoms with Gasteiger partial charge in [0, 0.05) is 5.56 Å². The molecule has 1 aromatic heterocycles. The number of oxazole rings is 1. The van der Waals surface area contributed by atoms with E-state index in [1.54, 1.807) is 14.2 Å². The van der Waals surface area contributed by atoms with Gasteiger partial charge >= 0.3 is 0 Å². The molecule has 0 saturated carbocycles. The average Bonchev–Trinajstić information content (AvgIpc) is 2.68. The Morgan fingerprint density at radius 3 is 2.22 bits per heavy atom. The van der Waals surface area contributed by atoms with Crippen LogP contribution >= 0.6 is 0 Å². The highest BCUT2D eigenvalue weighted by molar-refractivity contribution is 5.70. The summed E-state index contributed by atoms with van der Waals surface area (Å²) in [6, 6.07) is 3.94. The highest BCUT2D eigenvalue weighted by Crippen LogP contribution is 2.36. The minimum Gasteiger partial charge on any atom is -0.493 e. The molecule has 5 heteroatoms. The van der Waals surface area contributed by atoms with E-state index in [-0.39, 0.29) is 6.01 Å². The monoisotopic (exact) mass is 248 g/mol. The number of nitrogen functional groups attached to an aromatic ring is 1. The van der Waals surface area contributed by atoms with Gasteiger partial charge in [-0.1, -0.05) is 0 Å². The highest BCUT2D eigenvalue weighted by Gasteiger charge is 2.15. The summed E-state index contributed by atoms with van der Waals surface area (Å²) < 4.78 is 15.8. The number of nitrogens with zero attached hydrogens (tertiary/aromatic N) is 1. The third-order valence-electron chi connectivity index (χ3n) is 2.80. The van der Waals surface area contributed by atoms with Gasteiger partial charge in [0.1, 0.15) is 11.5 Å². The third kappa shape index (κ3) is 1.99. The van der Waals surface area contributed by atoms with Crippen molar-refractivity contribution < 1.29 is 13.9 Å². The maximum Gasteiger partial charge on any atom is 0.292 e. The first-order valence-corrected chi connectivity index (χ1v) is 5.52. The van der Waals surface area contributed by atoms with Gasteiger partial charge in [0.05, 0.1) is 14.2 Å². The lowest BCUT2D eigenvalue weighted by atomic mass is 10.0. The Balaban J connectivity index is 2.61. The molecule has 0 aliphatic carbocycles. The molecule has 0 fully saturated rings. The quantitative estimate of drug-likeness (QED) is 0.903. The Labute approximate surface area is 106 Å². The largest absolute Gasteiger partial charge is 0.493 e. The number of aryl methyl sites for hydroxylation is 2. The van der Waals surface area contributed by atoms with Crippen molar-refractivity contribution in [1.29, 1.82) is 0 Å². The molecule has 0 spiro atoms. The van der Waals surface area contributed by atoms with E-state index in [2.05, 4.69) is 4.98 Å². The van der Waals surface area contributed by atoms with Crippen molar-refractivity contribution in [3.8, 4) is 22.8 Å². The van der Waals surface area contributed by atoms with E-state index in [1.165, 1.54) is 0 Å². The molecule has 2 N–H and O–H groups in total. The van der Waals surface area contributed by atoms with Crippen LogP contribution in [0.25, 0.3) is 11.3 Å². The van der Waals surface area contributed by atoms with Crippen LogP contribution < -0.4 is 15.2 Å². The molecule has 0 unspecified atom stereocenters. The van der Waals surface area contributed by atoms with Crippen molar-refractivity contribution in [1.82, 2.24) is 4.98 Å². The molecule has 96 valence electrons. The lowest BCUT2D eigenvalue weighted by molar-refractivity contribution is 0.355. The molecular weight excluding hydrogens is 232 g/mol. The minimum atomic E-state index is 0.164. The number of rotatable bonds is 3. The standard InChI is InChI=1S/C13H16N2O3/c1-7-5-10(16-3)11(17-4)6-9(7)12-8(2)18-13(14)15-12/h5-6H,1-4H3,(H2,14,15).